The van der Waals surface area contributed by atoms with E-state index in [9.17, 15) is 4.79 Å². The number of hydrogen-bond acceptors (Lipinski definition) is 3. The first-order chi connectivity index (χ1) is 10.6. The minimum absolute atomic E-state index is 0.0907. The molecule has 1 aromatic carbocycles. The molecule has 3 rings (SSSR count). The fourth-order valence-corrected chi connectivity index (χ4v) is 2.34. The standard InChI is InChI=1S/C18H21NO3/c1-12-9-16(13(2)22-12)10-19-18(20)15-5-7-17(8-6-15)21-11-14-3-4-14/h5-9,14H,3-4,10-11H2,1-2H3,(H,19,20). The molecule has 22 heavy (non-hydrogen) atoms. The lowest BCUT2D eigenvalue weighted by Crippen LogP contribution is -2.22. The first-order valence-corrected chi connectivity index (χ1v) is 7.69. The number of rotatable bonds is 6. The Hall–Kier alpha value is -2.23. The van der Waals surface area contributed by atoms with Crippen molar-refractivity contribution in [2.24, 2.45) is 5.92 Å². The average molecular weight is 299 g/mol. The van der Waals surface area contributed by atoms with Gasteiger partial charge in [0.1, 0.15) is 17.3 Å². The number of furan rings is 1. The van der Waals surface area contributed by atoms with E-state index >= 15 is 0 Å². The number of aryl methyl sites for hydroxylation is 2. The van der Waals surface area contributed by atoms with Gasteiger partial charge in [0, 0.05) is 17.7 Å². The molecule has 0 radical (unpaired) electrons. The van der Waals surface area contributed by atoms with Crippen LogP contribution >= 0.6 is 0 Å². The van der Waals surface area contributed by atoms with Crippen molar-refractivity contribution < 1.29 is 13.9 Å². The molecule has 1 heterocycles. The van der Waals surface area contributed by atoms with Gasteiger partial charge < -0.3 is 14.5 Å². The molecule has 2 aromatic rings. The highest BCUT2D eigenvalue weighted by Gasteiger charge is 2.21. The molecule has 0 bridgehead atoms. The van der Waals surface area contributed by atoms with Gasteiger partial charge >= 0.3 is 0 Å². The zero-order chi connectivity index (χ0) is 15.5. The first kappa shape index (κ1) is 14.7. The fraction of sp³-hybridized carbons (Fsp3) is 0.389. The number of nitrogens with one attached hydrogen (secondary N) is 1. The van der Waals surface area contributed by atoms with Crippen molar-refractivity contribution in [2.75, 3.05) is 6.61 Å². The third kappa shape index (κ3) is 3.70. The molecule has 116 valence electrons. The van der Waals surface area contributed by atoms with Gasteiger partial charge in [-0.1, -0.05) is 0 Å². The van der Waals surface area contributed by atoms with Gasteiger partial charge in [0.25, 0.3) is 5.91 Å². The van der Waals surface area contributed by atoms with Crippen LogP contribution in [0.1, 0.15) is 40.3 Å². The van der Waals surface area contributed by atoms with Gasteiger partial charge in [-0.25, -0.2) is 0 Å². The van der Waals surface area contributed by atoms with E-state index in [1.54, 1.807) is 12.1 Å². The molecule has 1 saturated carbocycles. The second-order valence-electron chi connectivity index (χ2n) is 5.90. The largest absolute Gasteiger partial charge is 0.493 e. The summed E-state index contributed by atoms with van der Waals surface area (Å²) in [5, 5.41) is 2.91. The third-order valence-corrected chi connectivity index (χ3v) is 3.88. The molecular weight excluding hydrogens is 278 g/mol. The quantitative estimate of drug-likeness (QED) is 0.886. The van der Waals surface area contributed by atoms with E-state index in [0.717, 1.165) is 35.4 Å². The van der Waals surface area contributed by atoms with Crippen LogP contribution in [0.25, 0.3) is 0 Å². The zero-order valence-electron chi connectivity index (χ0n) is 13.0. The van der Waals surface area contributed by atoms with Gasteiger partial charge in [0.2, 0.25) is 0 Å². The van der Waals surface area contributed by atoms with Gasteiger partial charge in [0.15, 0.2) is 0 Å². The van der Waals surface area contributed by atoms with Crippen LogP contribution in [0, 0.1) is 19.8 Å². The van der Waals surface area contributed by atoms with E-state index < -0.39 is 0 Å². The number of carbonyl (C=O) groups is 1. The molecule has 1 aliphatic rings. The normalized spacial score (nSPS) is 13.9. The van der Waals surface area contributed by atoms with Crippen molar-refractivity contribution in [1.82, 2.24) is 5.32 Å². The number of amides is 1. The van der Waals surface area contributed by atoms with Gasteiger partial charge in [-0.3, -0.25) is 4.79 Å². The van der Waals surface area contributed by atoms with E-state index in [1.807, 2.05) is 32.0 Å². The Morgan fingerprint density at radius 3 is 2.59 bits per heavy atom. The summed E-state index contributed by atoms with van der Waals surface area (Å²) < 4.78 is 11.1. The molecule has 1 fully saturated rings. The topological polar surface area (TPSA) is 51.5 Å². The maximum Gasteiger partial charge on any atom is 0.251 e. The second-order valence-corrected chi connectivity index (χ2v) is 5.90. The van der Waals surface area contributed by atoms with Crippen LogP contribution in [0.2, 0.25) is 0 Å². The van der Waals surface area contributed by atoms with Gasteiger partial charge in [-0.15, -0.1) is 0 Å². The number of hydrogen-bond donors (Lipinski definition) is 1. The highest BCUT2D eigenvalue weighted by molar-refractivity contribution is 5.94. The van der Waals surface area contributed by atoms with Crippen molar-refractivity contribution in [3.05, 3.63) is 53.0 Å². The predicted octanol–water partition coefficient (Wildman–Crippen LogP) is 3.62. The maximum absolute atomic E-state index is 12.1. The van der Waals surface area contributed by atoms with E-state index in [2.05, 4.69) is 5.32 Å². The molecule has 4 heteroatoms. The molecule has 0 saturated heterocycles. The zero-order valence-corrected chi connectivity index (χ0v) is 13.0. The van der Waals surface area contributed by atoms with E-state index in [-0.39, 0.29) is 5.91 Å². The van der Waals surface area contributed by atoms with E-state index in [1.165, 1.54) is 12.8 Å². The van der Waals surface area contributed by atoms with Gasteiger partial charge in [0.05, 0.1) is 6.61 Å². The number of carbonyl (C=O) groups excluding carboxylic acids is 1. The molecule has 1 amide bonds. The Kier molecular flexibility index (Phi) is 4.18. The molecule has 1 aromatic heterocycles. The summed E-state index contributed by atoms with van der Waals surface area (Å²) in [5.41, 5.74) is 1.65. The minimum Gasteiger partial charge on any atom is -0.493 e. The Morgan fingerprint density at radius 2 is 2.00 bits per heavy atom. The predicted molar refractivity (Wildman–Crippen MR) is 84.0 cm³/mol. The molecule has 0 spiro atoms. The molecule has 0 aliphatic heterocycles. The van der Waals surface area contributed by atoms with Crippen molar-refractivity contribution >= 4 is 5.91 Å². The number of ether oxygens (including phenoxy) is 1. The Labute approximate surface area is 130 Å². The smallest absolute Gasteiger partial charge is 0.251 e. The lowest BCUT2D eigenvalue weighted by Gasteiger charge is -2.07. The van der Waals surface area contributed by atoms with Crippen LogP contribution in [0.15, 0.2) is 34.7 Å². The van der Waals surface area contributed by atoms with Crippen molar-refractivity contribution in [2.45, 2.75) is 33.2 Å². The summed E-state index contributed by atoms with van der Waals surface area (Å²) in [6, 6.07) is 9.25. The van der Waals surface area contributed by atoms with Crippen LogP contribution in [0.4, 0.5) is 0 Å². The maximum atomic E-state index is 12.1. The van der Waals surface area contributed by atoms with Crippen molar-refractivity contribution in [1.29, 1.82) is 0 Å². The molecular formula is C18H21NO3. The van der Waals surface area contributed by atoms with Crippen LogP contribution in [0.5, 0.6) is 5.75 Å². The first-order valence-electron chi connectivity index (χ1n) is 7.69. The van der Waals surface area contributed by atoms with Crippen LogP contribution in [0.3, 0.4) is 0 Å². The fourth-order valence-electron chi connectivity index (χ4n) is 2.34. The SMILES string of the molecule is Cc1cc(CNC(=O)c2ccc(OCC3CC3)cc2)c(C)o1. The minimum atomic E-state index is -0.0907. The van der Waals surface area contributed by atoms with Crippen LogP contribution in [-0.4, -0.2) is 12.5 Å². The van der Waals surface area contributed by atoms with Crippen molar-refractivity contribution in [3.63, 3.8) is 0 Å². The Morgan fingerprint density at radius 1 is 1.27 bits per heavy atom. The van der Waals surface area contributed by atoms with Crippen LogP contribution in [-0.2, 0) is 6.54 Å². The summed E-state index contributed by atoms with van der Waals surface area (Å²) in [7, 11) is 0. The van der Waals surface area contributed by atoms with Gasteiger partial charge in [-0.2, -0.15) is 0 Å². The summed E-state index contributed by atoms with van der Waals surface area (Å²) in [6.45, 7) is 5.06. The molecule has 0 atom stereocenters. The lowest BCUT2D eigenvalue weighted by molar-refractivity contribution is 0.0951. The molecule has 0 unspecified atom stereocenters. The van der Waals surface area contributed by atoms with E-state index in [0.29, 0.717) is 12.1 Å². The third-order valence-electron chi connectivity index (χ3n) is 3.88. The highest BCUT2D eigenvalue weighted by atomic mass is 16.5. The lowest BCUT2D eigenvalue weighted by atomic mass is 10.2. The summed E-state index contributed by atoms with van der Waals surface area (Å²) >= 11 is 0. The second kappa shape index (κ2) is 6.26. The van der Waals surface area contributed by atoms with Crippen LogP contribution < -0.4 is 10.1 Å². The summed E-state index contributed by atoms with van der Waals surface area (Å²) in [5.74, 6) is 3.17. The monoisotopic (exact) mass is 299 g/mol. The molecule has 1 N–H and O–H groups in total. The van der Waals surface area contributed by atoms with E-state index in [4.69, 9.17) is 9.15 Å². The molecule has 1 aliphatic carbocycles. The van der Waals surface area contributed by atoms with Gasteiger partial charge in [-0.05, 0) is 62.9 Å². The van der Waals surface area contributed by atoms with Crippen molar-refractivity contribution in [3.8, 4) is 5.75 Å². The average Bonchev–Trinajstić information content (AvgIpc) is 3.28. The highest BCUT2D eigenvalue weighted by Crippen LogP contribution is 2.29. The number of benzene rings is 1. The summed E-state index contributed by atoms with van der Waals surface area (Å²) in [6.07, 6.45) is 2.54. The molecule has 4 nitrogen and oxygen atoms in total. The Balaban J connectivity index is 1.53. The Bertz CT molecular complexity index is 653. The summed E-state index contributed by atoms with van der Waals surface area (Å²) in [4.78, 5) is 12.1.